The van der Waals surface area contributed by atoms with Crippen molar-refractivity contribution in [1.29, 1.82) is 0 Å². The minimum atomic E-state index is -1.01. The molecule has 2 aromatic rings. The van der Waals surface area contributed by atoms with E-state index in [4.69, 9.17) is 28.3 Å². The number of anilines is 1. The summed E-state index contributed by atoms with van der Waals surface area (Å²) in [6.07, 6.45) is 1.37. The average molecular weight is 465 g/mol. The lowest BCUT2D eigenvalue weighted by Gasteiger charge is -2.33. The lowest BCUT2D eigenvalue weighted by atomic mass is 10.0. The first-order valence-electron chi connectivity index (χ1n) is 10.2. The third-order valence-corrected chi connectivity index (χ3v) is 5.83. The second-order valence-electron chi connectivity index (χ2n) is 7.48. The van der Waals surface area contributed by atoms with Crippen LogP contribution in [0.2, 0.25) is 10.0 Å². The second-order valence-corrected chi connectivity index (χ2v) is 8.32. The molecule has 1 aliphatic rings. The Hall–Kier alpha value is -2.64. The highest BCUT2D eigenvalue weighted by Crippen LogP contribution is 2.21. The molecule has 1 heterocycles. The first-order chi connectivity index (χ1) is 14.9. The summed E-state index contributed by atoms with van der Waals surface area (Å²) in [6.45, 7) is 2.11. The fourth-order valence-corrected chi connectivity index (χ4v) is 3.97. The summed E-state index contributed by atoms with van der Waals surface area (Å²) in [4.78, 5) is 24.8. The smallest absolute Gasteiger partial charge is 0.404 e. The van der Waals surface area contributed by atoms with Gasteiger partial charge in [0.2, 0.25) is 0 Å². The fraction of sp³-hybridized carbons (Fsp3) is 0.364. The van der Waals surface area contributed by atoms with Gasteiger partial charge in [-0.25, -0.2) is 9.59 Å². The molecule has 9 heteroatoms. The van der Waals surface area contributed by atoms with Gasteiger partial charge in [-0.2, -0.15) is 0 Å². The summed E-state index contributed by atoms with van der Waals surface area (Å²) in [5.41, 5.74) is 2.93. The fourth-order valence-electron chi connectivity index (χ4n) is 3.49. The molecule has 0 atom stereocenters. The molecule has 7 nitrogen and oxygen atoms in total. The van der Waals surface area contributed by atoms with Gasteiger partial charge in [0.25, 0.3) is 0 Å². The van der Waals surface area contributed by atoms with E-state index in [-0.39, 0.29) is 6.03 Å². The molecule has 3 amide bonds. The number of nitrogens with one attached hydrogen (secondary N) is 3. The third-order valence-electron chi connectivity index (χ3n) is 5.24. The Bertz CT molecular complexity index is 900. The van der Waals surface area contributed by atoms with E-state index in [9.17, 15) is 9.59 Å². The van der Waals surface area contributed by atoms with Crippen LogP contribution in [0.15, 0.2) is 42.5 Å². The quantitative estimate of drug-likeness (QED) is 0.481. The van der Waals surface area contributed by atoms with Gasteiger partial charge in [0.05, 0.1) is 0 Å². The normalized spacial score (nSPS) is 14.2. The van der Waals surface area contributed by atoms with Crippen molar-refractivity contribution in [2.75, 3.05) is 25.0 Å². The van der Waals surface area contributed by atoms with Crippen LogP contribution in [-0.4, -0.2) is 47.8 Å². The Balaban J connectivity index is 1.39. The number of hydrogen-bond acceptors (Lipinski definition) is 3. The largest absolute Gasteiger partial charge is 0.465 e. The topological polar surface area (TPSA) is 93.7 Å². The highest BCUT2D eigenvalue weighted by atomic mass is 35.5. The van der Waals surface area contributed by atoms with Gasteiger partial charge >= 0.3 is 12.1 Å². The van der Waals surface area contributed by atoms with Crippen LogP contribution in [0, 0.1) is 0 Å². The van der Waals surface area contributed by atoms with Crippen LogP contribution < -0.4 is 16.0 Å². The van der Waals surface area contributed by atoms with Crippen LogP contribution in [0.1, 0.15) is 24.0 Å². The molecule has 1 saturated heterocycles. The molecule has 0 aliphatic carbocycles. The number of likely N-dealkylation sites (tertiary alicyclic amines) is 1. The lowest BCUT2D eigenvalue weighted by molar-refractivity contribution is 0.183. The molecule has 166 valence electrons. The van der Waals surface area contributed by atoms with Crippen molar-refractivity contribution in [2.24, 2.45) is 0 Å². The summed E-state index contributed by atoms with van der Waals surface area (Å²) in [5, 5.41) is 18.5. The van der Waals surface area contributed by atoms with Gasteiger partial charge in [0.1, 0.15) is 0 Å². The maximum absolute atomic E-state index is 12.5. The number of halogens is 2. The molecule has 2 aromatic carbocycles. The Labute approximate surface area is 191 Å². The van der Waals surface area contributed by atoms with E-state index >= 15 is 0 Å². The summed E-state index contributed by atoms with van der Waals surface area (Å²) >= 11 is 12.1. The molecule has 4 N–H and O–H groups in total. The highest BCUT2D eigenvalue weighted by Gasteiger charge is 2.22. The molecule has 3 rings (SSSR count). The summed E-state index contributed by atoms with van der Waals surface area (Å²) in [5.74, 6) is 0. The zero-order chi connectivity index (χ0) is 22.2. The van der Waals surface area contributed by atoms with Gasteiger partial charge in [-0.15, -0.1) is 0 Å². The molecule has 0 saturated carbocycles. The van der Waals surface area contributed by atoms with E-state index < -0.39 is 6.09 Å². The lowest BCUT2D eigenvalue weighted by Crippen LogP contribution is -2.46. The Morgan fingerprint density at radius 1 is 1.03 bits per heavy atom. The van der Waals surface area contributed by atoms with Gasteiger partial charge in [-0.1, -0.05) is 41.4 Å². The van der Waals surface area contributed by atoms with Crippen LogP contribution in [0.3, 0.4) is 0 Å². The molecule has 0 bridgehead atoms. The number of hydrogen-bond donors (Lipinski definition) is 4. The van der Waals surface area contributed by atoms with E-state index in [1.54, 1.807) is 12.1 Å². The molecule has 1 aliphatic heterocycles. The third kappa shape index (κ3) is 7.22. The number of rotatable bonds is 7. The second kappa shape index (κ2) is 11.1. The zero-order valence-electron chi connectivity index (χ0n) is 17.0. The predicted octanol–water partition coefficient (Wildman–Crippen LogP) is 4.59. The average Bonchev–Trinajstić information content (AvgIpc) is 2.74. The van der Waals surface area contributed by atoms with Crippen molar-refractivity contribution < 1.29 is 14.7 Å². The van der Waals surface area contributed by atoms with Gasteiger partial charge < -0.3 is 26.0 Å². The number of carbonyl (C=O) groups excluding carboxylic acids is 1. The number of piperidine rings is 1. The number of nitrogens with zero attached hydrogens (tertiary/aromatic N) is 1. The van der Waals surface area contributed by atoms with E-state index in [2.05, 4.69) is 16.0 Å². The molecule has 0 radical (unpaired) electrons. The van der Waals surface area contributed by atoms with Crippen molar-refractivity contribution in [3.05, 3.63) is 63.6 Å². The highest BCUT2D eigenvalue weighted by molar-refractivity contribution is 6.35. The maximum Gasteiger partial charge on any atom is 0.404 e. The van der Waals surface area contributed by atoms with Gasteiger partial charge in [0.15, 0.2) is 0 Å². The molecule has 0 unspecified atom stereocenters. The van der Waals surface area contributed by atoms with Crippen LogP contribution in [0.4, 0.5) is 15.3 Å². The van der Waals surface area contributed by atoms with E-state index in [0.717, 1.165) is 29.7 Å². The first-order valence-corrected chi connectivity index (χ1v) is 11.0. The standard InChI is InChI=1S/C22H26Cl2N4O3/c23-17-4-3-16(20(24)13-17)14-26-21(29)28-11-8-19(9-12-28)27-18-5-1-15(2-6-18)7-10-25-22(30)31/h1-6,13,19,25,27H,7-12,14H2,(H,26,29)(H,30,31). The number of carboxylic acid groups (broad SMARTS) is 1. The van der Waals surface area contributed by atoms with Crippen molar-refractivity contribution in [1.82, 2.24) is 15.5 Å². The maximum atomic E-state index is 12.5. The summed E-state index contributed by atoms with van der Waals surface area (Å²) in [6, 6.07) is 13.4. The molecule has 31 heavy (non-hydrogen) atoms. The van der Waals surface area contributed by atoms with Crippen molar-refractivity contribution in [3.8, 4) is 0 Å². The number of carbonyl (C=O) groups is 2. The van der Waals surface area contributed by atoms with Crippen molar-refractivity contribution in [2.45, 2.75) is 31.8 Å². The molecule has 0 spiro atoms. The summed E-state index contributed by atoms with van der Waals surface area (Å²) in [7, 11) is 0. The van der Waals surface area contributed by atoms with Crippen LogP contribution >= 0.6 is 23.2 Å². The Kier molecular flexibility index (Phi) is 8.26. The van der Waals surface area contributed by atoms with E-state index in [1.165, 1.54) is 0 Å². The minimum Gasteiger partial charge on any atom is -0.465 e. The van der Waals surface area contributed by atoms with Crippen LogP contribution in [0.25, 0.3) is 0 Å². The van der Waals surface area contributed by atoms with E-state index in [0.29, 0.717) is 48.7 Å². The van der Waals surface area contributed by atoms with Crippen LogP contribution in [-0.2, 0) is 13.0 Å². The first kappa shape index (κ1) is 23.0. The Morgan fingerprint density at radius 2 is 1.74 bits per heavy atom. The minimum absolute atomic E-state index is 0.0937. The Morgan fingerprint density at radius 3 is 2.39 bits per heavy atom. The van der Waals surface area contributed by atoms with Gasteiger partial charge in [0, 0.05) is 48.0 Å². The van der Waals surface area contributed by atoms with Crippen LogP contribution in [0.5, 0.6) is 0 Å². The number of amides is 3. The SMILES string of the molecule is O=C(O)NCCc1ccc(NC2CCN(C(=O)NCc3ccc(Cl)cc3Cl)CC2)cc1. The number of urea groups is 1. The molecule has 0 aromatic heterocycles. The summed E-state index contributed by atoms with van der Waals surface area (Å²) < 4.78 is 0. The van der Waals surface area contributed by atoms with Crippen molar-refractivity contribution in [3.63, 3.8) is 0 Å². The molecular weight excluding hydrogens is 439 g/mol. The zero-order valence-corrected chi connectivity index (χ0v) is 18.5. The van der Waals surface area contributed by atoms with E-state index in [1.807, 2.05) is 35.2 Å². The number of benzene rings is 2. The predicted molar refractivity (Wildman–Crippen MR) is 123 cm³/mol. The van der Waals surface area contributed by atoms with Gasteiger partial charge in [-0.3, -0.25) is 0 Å². The molecule has 1 fully saturated rings. The van der Waals surface area contributed by atoms with Gasteiger partial charge in [-0.05, 0) is 54.7 Å². The monoisotopic (exact) mass is 464 g/mol. The molecular formula is C22H26Cl2N4O3. The van der Waals surface area contributed by atoms with Crippen molar-refractivity contribution >= 4 is 41.0 Å².